The van der Waals surface area contributed by atoms with Gasteiger partial charge in [0.25, 0.3) is 0 Å². The highest BCUT2D eigenvalue weighted by molar-refractivity contribution is 6.62. The number of nitrogens with zero attached hydrogens (tertiary/aromatic N) is 2. The van der Waals surface area contributed by atoms with E-state index in [2.05, 4.69) is 31.2 Å². The van der Waals surface area contributed by atoms with Crippen LogP contribution in [0.2, 0.25) is 0 Å². The summed E-state index contributed by atoms with van der Waals surface area (Å²) in [5.41, 5.74) is 24.2. The van der Waals surface area contributed by atoms with Crippen molar-refractivity contribution in [3.8, 4) is 57.5 Å². The average molecular weight is 1980 g/mol. The number of pyridine rings is 2. The maximum atomic E-state index is 14.2. The summed E-state index contributed by atoms with van der Waals surface area (Å²) in [6.07, 6.45) is 11.7. The van der Waals surface area contributed by atoms with Crippen molar-refractivity contribution in [1.29, 1.82) is 0 Å². The van der Waals surface area contributed by atoms with Crippen LogP contribution < -0.4 is 90.5 Å². The van der Waals surface area contributed by atoms with Crippen LogP contribution in [0.1, 0.15) is 143 Å². The molecule has 16 rings (SSSR count). The van der Waals surface area contributed by atoms with Gasteiger partial charge in [0.05, 0.1) is 143 Å². The fourth-order valence-electron chi connectivity index (χ4n) is 17.9. The smallest absolute Gasteiger partial charge is 0.496 e. The summed E-state index contributed by atoms with van der Waals surface area (Å²) in [6, 6.07) is 64.8. The maximum absolute atomic E-state index is 14.2. The van der Waals surface area contributed by atoms with Crippen molar-refractivity contribution in [2.45, 2.75) is 79.6 Å². The second kappa shape index (κ2) is 49.9. The van der Waals surface area contributed by atoms with E-state index >= 15 is 0 Å². The number of benzene rings is 10. The predicted molar refractivity (Wildman–Crippen MR) is 565 cm³/mol. The third-order valence-corrected chi connectivity index (χ3v) is 25.2. The zero-order valence-corrected chi connectivity index (χ0v) is 83.2. The lowest BCUT2D eigenvalue weighted by atomic mass is 9.78. The molecule has 0 bridgehead atoms. The minimum atomic E-state index is -1.77. The number of nitrogens with one attached hydrogen (secondary N) is 4. The number of carbonyl (C=O) groups is 4. The lowest BCUT2D eigenvalue weighted by Crippen LogP contribution is -2.32. The molecule has 2 heterocycles. The molecule has 12 aromatic rings. The third kappa shape index (κ3) is 25.6. The molecule has 0 spiro atoms. The van der Waals surface area contributed by atoms with Crippen molar-refractivity contribution >= 4 is 143 Å². The quantitative estimate of drug-likeness (QED) is 0.0167. The molecule has 0 unspecified atom stereocenters. The van der Waals surface area contributed by atoms with E-state index in [0.29, 0.717) is 82.9 Å². The number of fused-ring (bicyclic) bond motifs is 4. The van der Waals surface area contributed by atoms with Crippen LogP contribution >= 0.6 is 0 Å². The number of amides is 4. The third-order valence-electron chi connectivity index (χ3n) is 25.2. The number of rotatable bonds is 34. The van der Waals surface area contributed by atoms with E-state index in [1.807, 2.05) is 185 Å². The Morgan fingerprint density at radius 3 is 0.740 bits per heavy atom. The van der Waals surface area contributed by atoms with Gasteiger partial charge in [0.1, 0.15) is 69.1 Å². The minimum Gasteiger partial charge on any atom is -0.497 e. The van der Waals surface area contributed by atoms with Crippen molar-refractivity contribution in [3.63, 3.8) is 0 Å². The topological polar surface area (TPSA) is 396 Å². The average Bonchev–Trinajstić information content (AvgIpc) is 1.62. The first-order valence-electron chi connectivity index (χ1n) is 46.4. The van der Waals surface area contributed by atoms with Crippen LogP contribution in [0.25, 0.3) is 68.9 Å². The van der Waals surface area contributed by atoms with E-state index in [1.54, 1.807) is 87.3 Å². The summed E-state index contributed by atoms with van der Waals surface area (Å²) in [7, 11) is 7.77. The van der Waals surface area contributed by atoms with Crippen LogP contribution in [0.15, 0.2) is 253 Å². The van der Waals surface area contributed by atoms with Crippen LogP contribution in [-0.4, -0.2) is 173 Å². The van der Waals surface area contributed by atoms with Gasteiger partial charge in [-0.2, -0.15) is 0 Å². The summed E-state index contributed by atoms with van der Waals surface area (Å²) in [4.78, 5) is 59.9. The summed E-state index contributed by atoms with van der Waals surface area (Å²) in [5.74, 6) is 2.32. The zero-order valence-electron chi connectivity index (χ0n) is 83.2. The molecule has 12 N–H and O–H groups in total. The van der Waals surface area contributed by atoms with Gasteiger partial charge in [-0.1, -0.05) is 97.1 Å². The highest BCUT2D eigenvalue weighted by Gasteiger charge is 2.35. The number of aromatic nitrogens is 2. The Bertz CT molecular complexity index is 6600. The Hall–Kier alpha value is -15.9. The van der Waals surface area contributed by atoms with Gasteiger partial charge >= 0.3 is 28.5 Å². The molecule has 10 aromatic carbocycles. The Kier molecular flexibility index (Phi) is 36.7. The lowest BCUT2D eigenvalue weighted by Gasteiger charge is -2.14. The van der Waals surface area contributed by atoms with Crippen LogP contribution in [-0.2, 0) is 45.4 Å². The van der Waals surface area contributed by atoms with E-state index in [4.69, 9.17) is 47.4 Å². The largest absolute Gasteiger partial charge is 0.497 e. The molecule has 0 saturated heterocycles. The Balaban J connectivity index is 0.000000163. The molecular formula is C112H112B4F2N6O22. The molecule has 28 nitrogen and oxygen atoms in total. The zero-order chi connectivity index (χ0) is 105. The highest BCUT2D eigenvalue weighted by atomic mass is 19.1. The van der Waals surface area contributed by atoms with Gasteiger partial charge in [0.2, 0.25) is 23.6 Å². The number of hydrogen-bond donors (Lipinski definition) is 12. The molecule has 0 radical (unpaired) electrons. The summed E-state index contributed by atoms with van der Waals surface area (Å²) in [5, 5.41) is 90.0. The normalized spacial score (nSPS) is 13.5. The van der Waals surface area contributed by atoms with Gasteiger partial charge in [-0.3, -0.25) is 29.1 Å². The van der Waals surface area contributed by atoms with Crippen LogP contribution in [0.4, 0.5) is 8.78 Å². The molecule has 2 aromatic heterocycles. The van der Waals surface area contributed by atoms with Crippen molar-refractivity contribution in [2.75, 3.05) is 71.1 Å². The van der Waals surface area contributed by atoms with Gasteiger partial charge < -0.3 is 109 Å². The van der Waals surface area contributed by atoms with E-state index in [0.717, 1.165) is 134 Å². The van der Waals surface area contributed by atoms with E-state index in [1.165, 1.54) is 81.1 Å². The molecule has 0 saturated carbocycles. The number of methoxy groups -OCH3 is 10. The van der Waals surface area contributed by atoms with Crippen LogP contribution in [0, 0.1) is 11.6 Å². The molecule has 4 amide bonds. The monoisotopic (exact) mass is 1970 g/mol. The SMILES string of the molecule is COc1cc(/C=C2/C(C)=C(CC(=O)NCc3ccccc3)c3cc(F)ccc32)cc(OC)c1B(O)O.COc1cc(/C=C2/C(C)=C(CC(=O)NCc3ccccn3)c3cc(F)ccc32)cc(OC)c1B(O)O.COc1ccc2c(c1)C(CC(=O)NCc1ccccc1)=C(C)/C2=C/c1cc(OC)c(B(O)O)c(OC)c1.COc1ccc2c(c1)C(CC(=O)NCc1ccccn1)=C(C)/C2=C/c1cc(OC)c(B(O)O)c(OC)c1. The van der Waals surface area contributed by atoms with E-state index < -0.39 is 28.5 Å². The summed E-state index contributed by atoms with van der Waals surface area (Å²) in [6.45, 7) is 9.30. The second-order valence-electron chi connectivity index (χ2n) is 34.1. The highest BCUT2D eigenvalue weighted by Crippen LogP contribution is 2.50. The summed E-state index contributed by atoms with van der Waals surface area (Å²) >= 11 is 0. The second-order valence-corrected chi connectivity index (χ2v) is 34.1. The van der Waals surface area contributed by atoms with Gasteiger partial charge in [-0.05, 0) is 318 Å². The van der Waals surface area contributed by atoms with Crippen LogP contribution in [0.5, 0.6) is 57.5 Å². The predicted octanol–water partition coefficient (Wildman–Crippen LogP) is 12.8. The molecular weight excluding hydrogens is 1860 g/mol. The lowest BCUT2D eigenvalue weighted by molar-refractivity contribution is -0.121. The van der Waals surface area contributed by atoms with Gasteiger partial charge in [-0.15, -0.1) is 0 Å². The first-order chi connectivity index (χ1) is 70.3. The number of ether oxygens (including phenoxy) is 10. The number of halogens is 2. The van der Waals surface area contributed by atoms with Crippen molar-refractivity contribution in [1.82, 2.24) is 31.2 Å². The maximum Gasteiger partial charge on any atom is 0.496 e. The van der Waals surface area contributed by atoms with Gasteiger partial charge in [0.15, 0.2) is 0 Å². The van der Waals surface area contributed by atoms with Crippen molar-refractivity contribution in [3.05, 3.63) is 354 Å². The number of allylic oxidation sites excluding steroid dienone is 8. The minimum absolute atomic E-state index is 0.0714. The molecule has 4 aliphatic rings. The fourth-order valence-corrected chi connectivity index (χ4v) is 17.9. The molecule has 34 heteroatoms. The Morgan fingerprint density at radius 1 is 0.281 bits per heavy atom. The van der Waals surface area contributed by atoms with E-state index in [-0.39, 0.29) is 106 Å². The Labute approximate surface area is 847 Å². The van der Waals surface area contributed by atoms with Crippen LogP contribution in [0.3, 0.4) is 0 Å². The number of hydrogen-bond acceptors (Lipinski definition) is 24. The standard InChI is InChI=1S/C29H30BNO6.C28H27BFNO5.C28H29BN2O6.C27H26BFN2O5/c1-18-23(12-20-13-26(36-3)29(30(33)34)27(14-20)37-4)22-11-10-21(35-2)15-25(22)24(18)16-28(32)31-17-19-8-6-5-7-9-19;1-17-22(11-19-12-25(35-2)28(29(33)34)26(13-19)36-3)21-10-9-20(30)14-24(21)23(17)15-27(32)31-16-18-7-5-4-6-8-18;1-17-22(11-18-12-25(36-3)28(29(33)34)26(13-18)37-4)21-9-8-20(35-2)14-24(21)23(17)15-27(32)31-16-19-7-5-6-10-30-19;1-16-21(10-17-11-24(35-2)27(28(33)34)25(12-17)36-3)20-8-7-18(29)13-23(20)22(16)14-26(32)31-15-19-6-4-5-9-30-19/h5-15,33-34H,16-17H2,1-4H3,(H,31,32);4-14,33-34H,15-16H2,1-3H3,(H,31,32);5-14,33-34H,15-16H2,1-4H3,(H,31,32);4-13,33-34H,14-15H2,1-3H3,(H,31,32)/b23-12-;2*22-11-;21-10-. The first kappa shape index (κ1) is 107. The van der Waals surface area contributed by atoms with Crippen molar-refractivity contribution < 1.29 is 116 Å². The first-order valence-corrected chi connectivity index (χ1v) is 46.4. The van der Waals surface area contributed by atoms with Gasteiger partial charge in [0, 0.05) is 25.5 Å². The molecule has 0 fully saturated rings. The molecule has 4 aliphatic carbocycles. The van der Waals surface area contributed by atoms with Crippen molar-refractivity contribution in [2.24, 2.45) is 0 Å². The number of carbonyl (C=O) groups excluding carboxylic acids is 4. The summed E-state index contributed by atoms with van der Waals surface area (Å²) < 4.78 is 82.4. The van der Waals surface area contributed by atoms with Gasteiger partial charge in [-0.25, -0.2) is 8.78 Å². The molecule has 0 atom stereocenters. The molecule has 748 valence electrons. The van der Waals surface area contributed by atoms with E-state index in [9.17, 15) is 68.2 Å². The molecule has 146 heavy (non-hydrogen) atoms. The molecule has 0 aliphatic heterocycles. The fraction of sp³-hybridized carbons (Fsp3) is 0.196. The Morgan fingerprint density at radius 2 is 0.514 bits per heavy atom.